The van der Waals surface area contributed by atoms with Crippen molar-refractivity contribution in [1.29, 1.82) is 0 Å². The van der Waals surface area contributed by atoms with Crippen LogP contribution in [-0.4, -0.2) is 38.5 Å². The summed E-state index contributed by atoms with van der Waals surface area (Å²) in [6.45, 7) is 1.85. The van der Waals surface area contributed by atoms with Gasteiger partial charge in [-0.3, -0.25) is 9.59 Å². The number of nitrogens with one attached hydrogen (secondary N) is 2. The Hall–Kier alpha value is -3.55. The average Bonchev–Trinajstić information content (AvgIpc) is 3.15. The minimum absolute atomic E-state index is 0.133. The van der Waals surface area contributed by atoms with E-state index in [2.05, 4.69) is 15.8 Å². The van der Waals surface area contributed by atoms with Gasteiger partial charge in [0.15, 0.2) is 11.5 Å². The first-order valence-corrected chi connectivity index (χ1v) is 8.21. The summed E-state index contributed by atoms with van der Waals surface area (Å²) < 4.78 is 15.6. The van der Waals surface area contributed by atoms with Crippen LogP contribution in [0.3, 0.4) is 0 Å². The van der Waals surface area contributed by atoms with Crippen LogP contribution in [0, 0.1) is 6.92 Å². The van der Waals surface area contributed by atoms with Gasteiger partial charge < -0.3 is 19.5 Å². The van der Waals surface area contributed by atoms with Crippen LogP contribution in [0.25, 0.3) is 0 Å². The molecule has 2 aromatic carbocycles. The molecule has 0 atom stereocenters. The van der Waals surface area contributed by atoms with E-state index < -0.39 is 11.8 Å². The number of hydrogen-bond acceptors (Lipinski definition) is 6. The quantitative estimate of drug-likeness (QED) is 0.595. The van der Waals surface area contributed by atoms with Crippen molar-refractivity contribution in [3.63, 3.8) is 0 Å². The second-order valence-electron chi connectivity index (χ2n) is 5.77. The van der Waals surface area contributed by atoms with Gasteiger partial charge in [0.05, 0.1) is 19.9 Å². The molecule has 0 aliphatic carbocycles. The third-order valence-electron chi connectivity index (χ3n) is 3.91. The van der Waals surface area contributed by atoms with Crippen molar-refractivity contribution in [1.82, 2.24) is 10.7 Å². The molecule has 8 heteroatoms. The largest absolute Gasteiger partial charge is 0.497 e. The first-order valence-electron chi connectivity index (χ1n) is 8.21. The Morgan fingerprint density at radius 1 is 1.19 bits per heavy atom. The molecule has 1 heterocycles. The van der Waals surface area contributed by atoms with Gasteiger partial charge in [0.1, 0.15) is 5.75 Å². The summed E-state index contributed by atoms with van der Waals surface area (Å²) in [6.07, 6.45) is 1.53. The first-order chi connectivity index (χ1) is 13.1. The number of aryl methyl sites for hydroxylation is 1. The van der Waals surface area contributed by atoms with Crippen molar-refractivity contribution in [3.05, 3.63) is 53.1 Å². The summed E-state index contributed by atoms with van der Waals surface area (Å²) in [7, 11) is 1.60. The molecule has 0 aromatic heterocycles. The third-order valence-corrected chi connectivity index (χ3v) is 3.91. The van der Waals surface area contributed by atoms with Crippen LogP contribution >= 0.6 is 0 Å². The molecule has 2 aromatic rings. The van der Waals surface area contributed by atoms with E-state index in [9.17, 15) is 9.59 Å². The highest BCUT2D eigenvalue weighted by atomic mass is 16.7. The van der Waals surface area contributed by atoms with Gasteiger partial charge in [0.25, 0.3) is 11.8 Å². The minimum Gasteiger partial charge on any atom is -0.497 e. The number of carbonyl (C=O) groups is 2. The van der Waals surface area contributed by atoms with E-state index in [0.717, 1.165) is 16.9 Å². The summed E-state index contributed by atoms with van der Waals surface area (Å²) >= 11 is 0. The van der Waals surface area contributed by atoms with E-state index in [1.807, 2.05) is 25.1 Å². The molecular weight excluding hydrogens is 350 g/mol. The smallest absolute Gasteiger partial charge is 0.259 e. The molecular formula is C19H19N3O5. The molecule has 2 N–H and O–H groups in total. The molecule has 27 heavy (non-hydrogen) atoms. The number of amides is 2. The van der Waals surface area contributed by atoms with Crippen molar-refractivity contribution < 1.29 is 23.8 Å². The lowest BCUT2D eigenvalue weighted by Crippen LogP contribution is -2.34. The van der Waals surface area contributed by atoms with E-state index in [1.54, 1.807) is 25.3 Å². The Morgan fingerprint density at radius 3 is 2.78 bits per heavy atom. The van der Waals surface area contributed by atoms with Crippen LogP contribution < -0.4 is 25.0 Å². The Labute approximate surface area is 156 Å². The van der Waals surface area contributed by atoms with E-state index in [0.29, 0.717) is 17.1 Å². The van der Waals surface area contributed by atoms with Gasteiger partial charge in [0.2, 0.25) is 6.79 Å². The number of fused-ring (bicyclic) bond motifs is 1. The van der Waals surface area contributed by atoms with Crippen LogP contribution in [0.1, 0.15) is 21.5 Å². The van der Waals surface area contributed by atoms with Gasteiger partial charge in [-0.15, -0.1) is 0 Å². The first kappa shape index (κ1) is 18.2. The maximum absolute atomic E-state index is 12.1. The summed E-state index contributed by atoms with van der Waals surface area (Å²) in [5.41, 5.74) is 4.56. The maximum Gasteiger partial charge on any atom is 0.259 e. The second kappa shape index (κ2) is 8.22. The predicted molar refractivity (Wildman–Crippen MR) is 98.4 cm³/mol. The normalized spacial score (nSPS) is 12.1. The van der Waals surface area contributed by atoms with Gasteiger partial charge in [-0.1, -0.05) is 0 Å². The van der Waals surface area contributed by atoms with Crippen LogP contribution in [-0.2, 0) is 4.79 Å². The number of methoxy groups -OCH3 is 1. The van der Waals surface area contributed by atoms with E-state index >= 15 is 0 Å². The summed E-state index contributed by atoms with van der Waals surface area (Å²) in [5.74, 6) is 1.02. The predicted octanol–water partition coefficient (Wildman–Crippen LogP) is 1.61. The van der Waals surface area contributed by atoms with Crippen molar-refractivity contribution >= 4 is 18.0 Å². The second-order valence-corrected chi connectivity index (χ2v) is 5.77. The van der Waals surface area contributed by atoms with Crippen molar-refractivity contribution in [3.8, 4) is 17.2 Å². The molecule has 0 bridgehead atoms. The third kappa shape index (κ3) is 4.55. The molecule has 8 nitrogen and oxygen atoms in total. The van der Waals surface area contributed by atoms with E-state index in [-0.39, 0.29) is 13.3 Å². The fraction of sp³-hybridized carbons (Fsp3) is 0.211. The highest BCUT2D eigenvalue weighted by Crippen LogP contribution is 2.32. The number of benzene rings is 2. The molecule has 1 aliphatic rings. The molecule has 1 aliphatic heterocycles. The molecule has 2 amide bonds. The number of ether oxygens (including phenoxy) is 3. The SMILES string of the molecule is COc1ccc(C=NNC(=O)CNC(=O)c2ccc3c(c2)OCO3)c(C)c1. The monoisotopic (exact) mass is 369 g/mol. The Bertz CT molecular complexity index is 895. The molecule has 0 fully saturated rings. The van der Waals surface area contributed by atoms with Gasteiger partial charge in [-0.05, 0) is 54.4 Å². The van der Waals surface area contributed by atoms with Crippen LogP contribution in [0.4, 0.5) is 0 Å². The lowest BCUT2D eigenvalue weighted by molar-refractivity contribution is -0.120. The average molecular weight is 369 g/mol. The molecule has 0 spiro atoms. The van der Waals surface area contributed by atoms with Gasteiger partial charge in [-0.2, -0.15) is 5.10 Å². The topological polar surface area (TPSA) is 98.2 Å². The standard InChI is InChI=1S/C19H19N3O5/c1-12-7-15(25-2)5-3-14(12)9-21-22-18(23)10-20-19(24)13-4-6-16-17(8-13)27-11-26-16/h3-9H,10-11H2,1-2H3,(H,20,24)(H,22,23). The number of hydrazone groups is 1. The number of hydrogen-bond donors (Lipinski definition) is 2. The zero-order valence-electron chi connectivity index (χ0n) is 14.9. The minimum atomic E-state index is -0.438. The Morgan fingerprint density at radius 2 is 2.00 bits per heavy atom. The highest BCUT2D eigenvalue weighted by Gasteiger charge is 2.16. The molecule has 3 rings (SSSR count). The molecule has 0 radical (unpaired) electrons. The fourth-order valence-corrected chi connectivity index (χ4v) is 2.43. The highest BCUT2D eigenvalue weighted by molar-refractivity contribution is 5.97. The zero-order chi connectivity index (χ0) is 19.2. The number of carbonyl (C=O) groups excluding carboxylic acids is 2. The molecule has 0 saturated carbocycles. The summed E-state index contributed by atoms with van der Waals surface area (Å²) in [6, 6.07) is 10.3. The summed E-state index contributed by atoms with van der Waals surface area (Å²) in [4.78, 5) is 23.9. The zero-order valence-corrected chi connectivity index (χ0v) is 14.9. The van der Waals surface area contributed by atoms with Crippen LogP contribution in [0.2, 0.25) is 0 Å². The van der Waals surface area contributed by atoms with Gasteiger partial charge in [-0.25, -0.2) is 5.43 Å². The molecule has 140 valence electrons. The van der Waals surface area contributed by atoms with Gasteiger partial charge >= 0.3 is 0 Å². The number of rotatable bonds is 6. The van der Waals surface area contributed by atoms with E-state index in [1.165, 1.54) is 6.21 Å². The number of nitrogens with zero attached hydrogens (tertiary/aromatic N) is 1. The molecule has 0 unspecified atom stereocenters. The van der Waals surface area contributed by atoms with Crippen molar-refractivity contribution in [2.75, 3.05) is 20.4 Å². The van der Waals surface area contributed by atoms with Gasteiger partial charge in [0, 0.05) is 5.56 Å². The Balaban J connectivity index is 1.49. The van der Waals surface area contributed by atoms with Crippen LogP contribution in [0.5, 0.6) is 17.2 Å². The lowest BCUT2D eigenvalue weighted by atomic mass is 10.1. The fourth-order valence-electron chi connectivity index (χ4n) is 2.43. The van der Waals surface area contributed by atoms with Crippen molar-refractivity contribution in [2.24, 2.45) is 5.10 Å². The van der Waals surface area contributed by atoms with E-state index in [4.69, 9.17) is 14.2 Å². The van der Waals surface area contributed by atoms with Crippen LogP contribution in [0.15, 0.2) is 41.5 Å². The molecule has 0 saturated heterocycles. The summed E-state index contributed by atoms with van der Waals surface area (Å²) in [5, 5.41) is 6.43. The maximum atomic E-state index is 12.1. The Kier molecular flexibility index (Phi) is 5.55. The lowest BCUT2D eigenvalue weighted by Gasteiger charge is -2.06. The van der Waals surface area contributed by atoms with Crippen molar-refractivity contribution in [2.45, 2.75) is 6.92 Å².